The van der Waals surface area contributed by atoms with Crippen LogP contribution in [-0.2, 0) is 19.2 Å². The third-order valence-corrected chi connectivity index (χ3v) is 11.8. The smallest absolute Gasteiger partial charge is 1.00 e. The molecule has 5 heteroatoms. The van der Waals surface area contributed by atoms with Crippen molar-refractivity contribution in [1.82, 2.24) is 0 Å². The zero-order chi connectivity index (χ0) is 17.6. The number of halogens is 2. The van der Waals surface area contributed by atoms with Gasteiger partial charge in [-0.05, 0) is 0 Å². The van der Waals surface area contributed by atoms with Crippen molar-refractivity contribution >= 4 is 28.0 Å². The van der Waals surface area contributed by atoms with Gasteiger partial charge in [0, 0.05) is 0 Å². The van der Waals surface area contributed by atoms with Gasteiger partial charge in [-0.1, -0.05) is 0 Å². The number of rotatable bonds is 4. The van der Waals surface area contributed by atoms with Gasteiger partial charge in [0.1, 0.15) is 0 Å². The van der Waals surface area contributed by atoms with Crippen molar-refractivity contribution in [3.8, 4) is 0 Å². The molecule has 2 aromatic carbocycles. The van der Waals surface area contributed by atoms with Crippen molar-refractivity contribution in [3.63, 3.8) is 0 Å². The number of hydrogen-bond donors (Lipinski definition) is 0. The predicted molar refractivity (Wildman–Crippen MR) is 112 cm³/mol. The summed E-state index contributed by atoms with van der Waals surface area (Å²) in [5.41, 5.74) is 6.17. The first kappa shape index (κ1) is 22.6. The van der Waals surface area contributed by atoms with E-state index < -0.39 is 0 Å². The summed E-state index contributed by atoms with van der Waals surface area (Å²) < 4.78 is 1.43. The van der Waals surface area contributed by atoms with Crippen molar-refractivity contribution in [2.24, 2.45) is 0 Å². The quantitative estimate of drug-likeness (QED) is 0.491. The molecule has 0 N–H and O–H groups in total. The van der Waals surface area contributed by atoms with Gasteiger partial charge < -0.3 is 9.41 Å². The van der Waals surface area contributed by atoms with Crippen LogP contribution in [0, 0.1) is 0 Å². The Balaban J connectivity index is 0.00000131. The van der Waals surface area contributed by atoms with Gasteiger partial charge in [0.25, 0.3) is 0 Å². The van der Waals surface area contributed by atoms with E-state index >= 15 is 0 Å². The first-order valence-electron chi connectivity index (χ1n) is 8.78. The molecule has 2 unspecified atom stereocenters. The molecule has 2 aliphatic rings. The van der Waals surface area contributed by atoms with E-state index in [0.717, 1.165) is 0 Å². The third kappa shape index (κ3) is 4.20. The Morgan fingerprint density at radius 3 is 1.37 bits per heavy atom. The Hall–Kier alpha value is -0.646. The molecule has 0 saturated heterocycles. The van der Waals surface area contributed by atoms with E-state index in [9.17, 15) is 0 Å². The van der Waals surface area contributed by atoms with E-state index in [1.807, 2.05) is 0 Å². The Kier molecular flexibility index (Phi) is 7.74. The molecule has 0 radical (unpaired) electrons. The molecule has 0 fully saturated rings. The summed E-state index contributed by atoms with van der Waals surface area (Å²) in [6.45, 7) is 9.71. The van der Waals surface area contributed by atoms with Gasteiger partial charge in [-0.3, -0.25) is 0 Å². The van der Waals surface area contributed by atoms with Crippen molar-refractivity contribution in [3.05, 3.63) is 81.4 Å². The summed E-state index contributed by atoms with van der Waals surface area (Å²) in [5.74, 6) is 0. The Bertz CT molecular complexity index is 803. The summed E-state index contributed by atoms with van der Waals surface area (Å²) in [4.78, 5) is 0. The average molecular weight is 436 g/mol. The van der Waals surface area contributed by atoms with Crippen molar-refractivity contribution in [2.75, 3.05) is 26.7 Å². The van der Waals surface area contributed by atoms with Crippen molar-refractivity contribution in [1.29, 1.82) is 0 Å². The summed E-state index contributed by atoms with van der Waals surface area (Å²) in [6.07, 6.45) is 5.03. The van der Waals surface area contributed by atoms with Gasteiger partial charge in [-0.15, -0.1) is 0 Å². The summed E-state index contributed by atoms with van der Waals surface area (Å²) in [7, 11) is -0.0523. The van der Waals surface area contributed by atoms with Gasteiger partial charge in [-0.25, -0.2) is 0 Å². The molecule has 2 atom stereocenters. The van der Waals surface area contributed by atoms with Crippen molar-refractivity contribution < 1.29 is 28.6 Å². The fraction of sp³-hybridized carbons (Fsp3) is 0.273. The zero-order valence-corrected chi connectivity index (χ0v) is 19.4. The van der Waals surface area contributed by atoms with Gasteiger partial charge in [-0.2, -0.15) is 0 Å². The topological polar surface area (TPSA) is 0 Å². The molecule has 0 bridgehead atoms. The molecule has 0 heterocycles. The number of benzene rings is 2. The van der Waals surface area contributed by atoms with Crippen LogP contribution in [0.1, 0.15) is 30.7 Å². The zero-order valence-electron chi connectivity index (χ0n) is 16.1. The molecule has 2 aromatic rings. The molecule has 4 rings (SSSR count). The molecular weight excluding hydrogens is 412 g/mol. The maximum Gasteiger partial charge on any atom is -1.00 e. The Morgan fingerprint density at radius 1 is 0.630 bits per heavy atom. The molecular formula is C22H24F2P2Ti. The van der Waals surface area contributed by atoms with E-state index in [1.54, 1.807) is 21.8 Å². The summed E-state index contributed by atoms with van der Waals surface area (Å²) >= 11 is -0.181. The van der Waals surface area contributed by atoms with Crippen LogP contribution < -0.4 is 9.41 Å². The Labute approximate surface area is 172 Å². The van der Waals surface area contributed by atoms with Crippen molar-refractivity contribution in [2.45, 2.75) is 8.45 Å². The maximum absolute atomic E-state index is 2.51. The van der Waals surface area contributed by atoms with Crippen LogP contribution in [0.4, 0.5) is 0 Å². The van der Waals surface area contributed by atoms with Gasteiger partial charge in [0.15, 0.2) is 0 Å². The summed E-state index contributed by atoms with van der Waals surface area (Å²) in [6, 6.07) is 18.2. The molecule has 0 aliphatic heterocycles. The van der Waals surface area contributed by atoms with Gasteiger partial charge >= 0.3 is 164 Å². The van der Waals surface area contributed by atoms with E-state index in [4.69, 9.17) is 0 Å². The normalized spacial score (nSPS) is 19.5. The minimum atomic E-state index is -0.181. The van der Waals surface area contributed by atoms with Gasteiger partial charge in [0.2, 0.25) is 0 Å². The monoisotopic (exact) mass is 436 g/mol. The fourth-order valence-corrected chi connectivity index (χ4v) is 11.7. The largest absolute Gasteiger partial charge is 1.00 e. The second kappa shape index (κ2) is 9.23. The molecule has 2 aliphatic carbocycles. The first-order chi connectivity index (χ1) is 12.1. The van der Waals surface area contributed by atoms with E-state index in [2.05, 4.69) is 87.3 Å². The molecule has 140 valence electrons. The van der Waals surface area contributed by atoms with Crippen LogP contribution in [0.2, 0.25) is 0 Å². The fourth-order valence-electron chi connectivity index (χ4n) is 3.91. The molecule has 0 nitrogen and oxygen atoms in total. The maximum atomic E-state index is 2.51. The van der Waals surface area contributed by atoms with E-state index in [1.165, 1.54) is 11.1 Å². The predicted octanol–water partition coefficient (Wildman–Crippen LogP) is 0.752. The molecule has 0 spiro atoms. The van der Waals surface area contributed by atoms with Crippen LogP contribution in [0.25, 0.3) is 12.2 Å². The molecule has 0 saturated carbocycles. The van der Waals surface area contributed by atoms with Crippen LogP contribution in [0.15, 0.2) is 59.2 Å². The van der Waals surface area contributed by atoms with Crippen LogP contribution >= 0.6 is 15.8 Å². The SMILES string of the molecule is CP(C)C1=Cc2ccccc2[CH]1[Ti+2][CH]1C(P(C)C)=Cc2ccccc21.[F-].[F-]. The van der Waals surface area contributed by atoms with Gasteiger partial charge in [0.05, 0.1) is 0 Å². The minimum absolute atomic E-state index is 0. The number of hydrogen-bond acceptors (Lipinski definition) is 0. The minimum Gasteiger partial charge on any atom is -1.00 e. The standard InChI is InChI=1S/2C11H12P.2FH.Ti/c2*1-12(2)11-7-9-5-3-4-6-10(9)8-11;;;/h2*3-8H,1-2H3;2*1H;/q;;;;+2/p-2. The van der Waals surface area contributed by atoms with E-state index in [0.29, 0.717) is 8.45 Å². The first-order valence-corrected chi connectivity index (χ1v) is 15.1. The molecule has 27 heavy (non-hydrogen) atoms. The average Bonchev–Trinajstić information content (AvgIpc) is 3.15. The molecule has 0 amide bonds. The Morgan fingerprint density at radius 2 is 1.00 bits per heavy atom. The van der Waals surface area contributed by atoms with E-state index in [-0.39, 0.29) is 44.4 Å². The summed E-state index contributed by atoms with van der Waals surface area (Å²) in [5, 5.41) is 3.47. The third-order valence-electron chi connectivity index (χ3n) is 5.18. The second-order valence-corrected chi connectivity index (χ2v) is 14.2. The van der Waals surface area contributed by atoms with Crippen LogP contribution in [-0.4, -0.2) is 26.7 Å². The molecule has 0 aromatic heterocycles. The van der Waals surface area contributed by atoms with Crippen LogP contribution in [0.5, 0.6) is 0 Å². The number of fused-ring (bicyclic) bond motifs is 2. The number of allylic oxidation sites excluding steroid dienone is 2. The second-order valence-electron chi connectivity index (χ2n) is 7.22. The van der Waals surface area contributed by atoms with Crippen LogP contribution in [0.3, 0.4) is 0 Å².